The van der Waals surface area contributed by atoms with E-state index in [1.54, 1.807) is 6.08 Å². The van der Waals surface area contributed by atoms with Gasteiger partial charge < -0.3 is 10.0 Å². The van der Waals surface area contributed by atoms with E-state index in [1.807, 2.05) is 29.3 Å². The number of hydrogen-bond acceptors (Lipinski definition) is 3. The van der Waals surface area contributed by atoms with Crippen LogP contribution in [-0.2, 0) is 4.79 Å². The Morgan fingerprint density at radius 3 is 3.12 bits per heavy atom. The van der Waals surface area contributed by atoms with Crippen LogP contribution >= 0.6 is 0 Å². The molecule has 80 valence electrons. The van der Waals surface area contributed by atoms with Gasteiger partial charge in [0.1, 0.15) is 0 Å². The van der Waals surface area contributed by atoms with Crippen molar-refractivity contribution in [3.63, 3.8) is 0 Å². The predicted molar refractivity (Wildman–Crippen MR) is 62.4 cm³/mol. The lowest BCUT2D eigenvalue weighted by molar-refractivity contribution is -0.132. The van der Waals surface area contributed by atoms with Crippen molar-refractivity contribution in [1.29, 1.82) is 0 Å². The molecule has 0 aliphatic carbocycles. The SMILES string of the molecule is O=C(O)C1=Cc2cccc3c2N(CC=N3)C1. The van der Waals surface area contributed by atoms with Crippen molar-refractivity contribution in [2.45, 2.75) is 0 Å². The highest BCUT2D eigenvalue weighted by Gasteiger charge is 2.24. The summed E-state index contributed by atoms with van der Waals surface area (Å²) in [6.45, 7) is 1.12. The molecule has 3 rings (SSSR count). The van der Waals surface area contributed by atoms with E-state index >= 15 is 0 Å². The van der Waals surface area contributed by atoms with Crippen LogP contribution < -0.4 is 4.90 Å². The summed E-state index contributed by atoms with van der Waals surface area (Å²) in [7, 11) is 0. The minimum Gasteiger partial charge on any atom is -0.478 e. The molecule has 0 unspecified atom stereocenters. The van der Waals surface area contributed by atoms with Gasteiger partial charge in [-0.05, 0) is 12.1 Å². The molecular formula is C12H10N2O2. The molecule has 1 N–H and O–H groups in total. The van der Waals surface area contributed by atoms with Gasteiger partial charge in [0.25, 0.3) is 0 Å². The monoisotopic (exact) mass is 214 g/mol. The Bertz CT molecular complexity index is 532. The zero-order valence-corrected chi connectivity index (χ0v) is 8.55. The maximum atomic E-state index is 11.0. The maximum absolute atomic E-state index is 11.0. The maximum Gasteiger partial charge on any atom is 0.333 e. The highest BCUT2D eigenvalue weighted by Crippen LogP contribution is 2.38. The molecule has 0 aromatic heterocycles. The first-order valence-corrected chi connectivity index (χ1v) is 5.10. The number of rotatable bonds is 1. The lowest BCUT2D eigenvalue weighted by Crippen LogP contribution is -2.34. The van der Waals surface area contributed by atoms with Gasteiger partial charge in [0.15, 0.2) is 0 Å². The number of aliphatic imine (C=N–C) groups is 1. The average molecular weight is 214 g/mol. The van der Waals surface area contributed by atoms with E-state index in [1.165, 1.54) is 0 Å². The van der Waals surface area contributed by atoms with Crippen LogP contribution in [0.5, 0.6) is 0 Å². The molecule has 16 heavy (non-hydrogen) atoms. The summed E-state index contributed by atoms with van der Waals surface area (Å²) in [5, 5.41) is 9.04. The lowest BCUT2D eigenvalue weighted by atomic mass is 10.0. The van der Waals surface area contributed by atoms with Gasteiger partial charge in [-0.15, -0.1) is 0 Å². The number of aliphatic carboxylic acids is 1. The van der Waals surface area contributed by atoms with Gasteiger partial charge in [-0.3, -0.25) is 4.99 Å². The van der Waals surface area contributed by atoms with Crippen LogP contribution in [0.2, 0.25) is 0 Å². The van der Waals surface area contributed by atoms with Crippen molar-refractivity contribution in [1.82, 2.24) is 0 Å². The van der Waals surface area contributed by atoms with Gasteiger partial charge >= 0.3 is 5.97 Å². The number of carbonyl (C=O) groups is 1. The summed E-state index contributed by atoms with van der Waals surface area (Å²) >= 11 is 0. The van der Waals surface area contributed by atoms with E-state index in [0.717, 1.165) is 16.9 Å². The standard InChI is InChI=1S/C12H10N2O2/c15-12(16)9-6-8-2-1-3-10-11(8)14(7-9)5-4-13-10/h1-4,6H,5,7H2,(H,15,16). The van der Waals surface area contributed by atoms with Crippen molar-refractivity contribution < 1.29 is 9.90 Å². The zero-order valence-electron chi connectivity index (χ0n) is 8.55. The van der Waals surface area contributed by atoms with Crippen LogP contribution in [0.3, 0.4) is 0 Å². The van der Waals surface area contributed by atoms with Gasteiger partial charge in [-0.2, -0.15) is 0 Å². The van der Waals surface area contributed by atoms with Crippen molar-refractivity contribution in [3.05, 3.63) is 29.3 Å². The largest absolute Gasteiger partial charge is 0.478 e. The van der Waals surface area contributed by atoms with Gasteiger partial charge in [0, 0.05) is 11.8 Å². The summed E-state index contributed by atoms with van der Waals surface area (Å²) in [5.74, 6) is -0.849. The minimum absolute atomic E-state index is 0.431. The highest BCUT2D eigenvalue weighted by atomic mass is 16.4. The minimum atomic E-state index is -0.849. The fraction of sp³-hybridized carbons (Fsp3) is 0.167. The number of para-hydroxylation sites is 1. The number of carboxylic acid groups (broad SMARTS) is 1. The number of hydrogen-bond donors (Lipinski definition) is 1. The van der Waals surface area contributed by atoms with Crippen LogP contribution in [0.15, 0.2) is 28.8 Å². The summed E-state index contributed by atoms with van der Waals surface area (Å²) in [6.07, 6.45) is 3.55. The smallest absolute Gasteiger partial charge is 0.333 e. The van der Waals surface area contributed by atoms with Gasteiger partial charge in [-0.25, -0.2) is 4.79 Å². The number of nitrogens with zero attached hydrogens (tertiary/aromatic N) is 2. The van der Waals surface area contributed by atoms with Gasteiger partial charge in [0.2, 0.25) is 0 Å². The summed E-state index contributed by atoms with van der Waals surface area (Å²) in [4.78, 5) is 17.4. The third-order valence-electron chi connectivity index (χ3n) is 2.86. The fourth-order valence-electron chi connectivity index (χ4n) is 2.15. The first-order chi connectivity index (χ1) is 7.75. The molecule has 2 aliphatic rings. The second-order valence-electron chi connectivity index (χ2n) is 3.88. The van der Waals surface area contributed by atoms with Gasteiger partial charge in [-0.1, -0.05) is 12.1 Å². The van der Waals surface area contributed by atoms with Gasteiger partial charge in [0.05, 0.1) is 30.0 Å². The zero-order chi connectivity index (χ0) is 11.1. The Morgan fingerprint density at radius 2 is 2.31 bits per heavy atom. The molecular weight excluding hydrogens is 204 g/mol. The third kappa shape index (κ3) is 1.23. The second kappa shape index (κ2) is 3.20. The van der Waals surface area contributed by atoms with Crippen molar-refractivity contribution in [2.24, 2.45) is 4.99 Å². The second-order valence-corrected chi connectivity index (χ2v) is 3.88. The van der Waals surface area contributed by atoms with Crippen molar-refractivity contribution >= 4 is 29.6 Å². The van der Waals surface area contributed by atoms with E-state index in [9.17, 15) is 4.79 Å². The van der Waals surface area contributed by atoms with Crippen LogP contribution in [0.4, 0.5) is 11.4 Å². The molecule has 2 heterocycles. The Kier molecular flexibility index (Phi) is 1.83. The topological polar surface area (TPSA) is 52.9 Å². The Labute approximate surface area is 92.5 Å². The van der Waals surface area contributed by atoms with E-state index in [2.05, 4.69) is 4.99 Å². The first-order valence-electron chi connectivity index (χ1n) is 5.10. The molecule has 0 bridgehead atoms. The molecule has 1 aromatic carbocycles. The average Bonchev–Trinajstić information content (AvgIpc) is 2.29. The number of benzene rings is 1. The molecule has 0 fully saturated rings. The lowest BCUT2D eigenvalue weighted by Gasteiger charge is -2.32. The summed E-state index contributed by atoms with van der Waals surface area (Å²) in [6, 6.07) is 5.77. The quantitative estimate of drug-likeness (QED) is 0.774. The molecule has 2 aliphatic heterocycles. The van der Waals surface area contributed by atoms with Crippen LogP contribution in [0.25, 0.3) is 6.08 Å². The summed E-state index contributed by atoms with van der Waals surface area (Å²) in [5.41, 5.74) is 3.34. The molecule has 1 aromatic rings. The highest BCUT2D eigenvalue weighted by molar-refractivity contribution is 5.99. The predicted octanol–water partition coefficient (Wildman–Crippen LogP) is 1.69. The fourth-order valence-corrected chi connectivity index (χ4v) is 2.15. The van der Waals surface area contributed by atoms with Crippen molar-refractivity contribution in [3.8, 4) is 0 Å². The molecule has 0 radical (unpaired) electrons. The molecule has 4 heteroatoms. The molecule has 0 spiro atoms. The van der Waals surface area contributed by atoms with Crippen molar-refractivity contribution in [2.75, 3.05) is 18.0 Å². The van der Waals surface area contributed by atoms with Crippen LogP contribution in [-0.4, -0.2) is 30.4 Å². The van der Waals surface area contributed by atoms with E-state index in [4.69, 9.17) is 5.11 Å². The Morgan fingerprint density at radius 1 is 1.44 bits per heavy atom. The van der Waals surface area contributed by atoms with E-state index in [0.29, 0.717) is 18.7 Å². The molecule has 0 saturated carbocycles. The Hall–Kier alpha value is -2.10. The Balaban J connectivity index is 2.20. The molecule has 0 atom stereocenters. The normalized spacial score (nSPS) is 16.8. The number of anilines is 1. The molecule has 0 saturated heterocycles. The first kappa shape index (κ1) is 9.15. The number of carboxylic acids is 1. The van der Waals surface area contributed by atoms with E-state index in [-0.39, 0.29) is 0 Å². The van der Waals surface area contributed by atoms with Crippen LogP contribution in [0, 0.1) is 0 Å². The molecule has 0 amide bonds. The third-order valence-corrected chi connectivity index (χ3v) is 2.86. The van der Waals surface area contributed by atoms with Crippen LogP contribution in [0.1, 0.15) is 5.56 Å². The van der Waals surface area contributed by atoms with E-state index < -0.39 is 5.97 Å². The summed E-state index contributed by atoms with van der Waals surface area (Å²) < 4.78 is 0. The molecule has 4 nitrogen and oxygen atoms in total.